The minimum Gasteiger partial charge on any atom is -0.356 e. The highest BCUT2D eigenvalue weighted by Gasteiger charge is 2.38. The van der Waals surface area contributed by atoms with Crippen molar-refractivity contribution in [2.24, 2.45) is 5.92 Å². The van der Waals surface area contributed by atoms with Crippen molar-refractivity contribution in [2.75, 3.05) is 39.3 Å². The molecule has 0 spiro atoms. The molecule has 0 radical (unpaired) electrons. The topological polar surface area (TPSA) is 90.5 Å². The first kappa shape index (κ1) is 33.9. The highest BCUT2D eigenvalue weighted by Crippen LogP contribution is 2.42. The molecule has 45 heavy (non-hydrogen) atoms. The molecule has 1 aliphatic rings. The molecule has 0 unspecified atom stereocenters. The van der Waals surface area contributed by atoms with E-state index in [9.17, 15) is 14.4 Å². The van der Waals surface area contributed by atoms with Gasteiger partial charge in [-0.3, -0.25) is 14.4 Å². The SMILES string of the molecule is CCCCCCN1CCC[C@H](CNC(=O)CCNC(=O)CNC(=O)CC(c2ccccc2)(c2ccccc2)c2ccccc2)C1. The Morgan fingerprint density at radius 3 is 1.91 bits per heavy atom. The third-order valence-electron chi connectivity index (χ3n) is 8.86. The van der Waals surface area contributed by atoms with Crippen LogP contribution < -0.4 is 16.0 Å². The van der Waals surface area contributed by atoms with E-state index in [4.69, 9.17) is 0 Å². The maximum absolute atomic E-state index is 13.5. The van der Waals surface area contributed by atoms with Crippen molar-refractivity contribution in [2.45, 2.75) is 63.7 Å². The lowest BCUT2D eigenvalue weighted by atomic mass is 9.67. The molecule has 3 aromatic rings. The summed E-state index contributed by atoms with van der Waals surface area (Å²) in [6.45, 7) is 6.35. The number of nitrogens with one attached hydrogen (secondary N) is 3. The predicted octanol–water partition coefficient (Wildman–Crippen LogP) is 5.44. The number of hydrogen-bond acceptors (Lipinski definition) is 4. The van der Waals surface area contributed by atoms with Gasteiger partial charge in [-0.15, -0.1) is 0 Å². The zero-order valence-electron chi connectivity index (χ0n) is 26.8. The molecule has 1 saturated heterocycles. The number of benzene rings is 3. The van der Waals surface area contributed by atoms with Crippen molar-refractivity contribution >= 4 is 17.7 Å². The second-order valence-electron chi connectivity index (χ2n) is 12.2. The summed E-state index contributed by atoms with van der Waals surface area (Å²) in [4.78, 5) is 41.1. The fourth-order valence-corrected chi connectivity index (χ4v) is 6.46. The molecule has 0 aliphatic carbocycles. The summed E-state index contributed by atoms with van der Waals surface area (Å²) < 4.78 is 0. The molecule has 1 aliphatic heterocycles. The highest BCUT2D eigenvalue weighted by molar-refractivity contribution is 5.86. The third-order valence-corrected chi connectivity index (χ3v) is 8.86. The van der Waals surface area contributed by atoms with Crippen LogP contribution in [0.2, 0.25) is 0 Å². The number of hydrogen-bond donors (Lipinski definition) is 3. The highest BCUT2D eigenvalue weighted by atomic mass is 16.2. The van der Waals surface area contributed by atoms with E-state index in [0.29, 0.717) is 12.5 Å². The molecule has 3 aromatic carbocycles. The number of likely N-dealkylation sites (tertiary alicyclic amines) is 1. The van der Waals surface area contributed by atoms with Gasteiger partial charge in [0.15, 0.2) is 0 Å². The standard InChI is InChI=1S/C38H50N4O3/c1-2-3-4-14-25-42-26-15-16-31(30-42)28-40-35(43)23-24-39-37(45)29-41-36(44)27-38(32-17-8-5-9-18-32,33-19-10-6-11-20-33)34-21-12-7-13-22-34/h5-13,17-22,31H,2-4,14-16,23-30H2,1H3,(H,39,45)(H,40,43)(H,41,44)/t31-/m1/s1. The van der Waals surface area contributed by atoms with Gasteiger partial charge in [0.05, 0.1) is 12.0 Å². The van der Waals surface area contributed by atoms with E-state index in [1.807, 2.05) is 91.0 Å². The van der Waals surface area contributed by atoms with Crippen LogP contribution in [0.1, 0.15) is 75.0 Å². The molecule has 1 fully saturated rings. The van der Waals surface area contributed by atoms with Crippen molar-refractivity contribution in [3.05, 3.63) is 108 Å². The Kier molecular flexibility index (Phi) is 13.6. The Labute approximate surface area is 269 Å². The number of piperidine rings is 1. The van der Waals surface area contributed by atoms with E-state index < -0.39 is 5.41 Å². The number of rotatable bonds is 17. The summed E-state index contributed by atoms with van der Waals surface area (Å²) in [5.41, 5.74) is 2.27. The molecular formula is C38H50N4O3. The van der Waals surface area contributed by atoms with Gasteiger partial charge in [0.25, 0.3) is 0 Å². The van der Waals surface area contributed by atoms with Crippen LogP contribution in [0.5, 0.6) is 0 Å². The number of nitrogens with zero attached hydrogens (tertiary/aromatic N) is 1. The molecule has 240 valence electrons. The van der Waals surface area contributed by atoms with Crippen molar-refractivity contribution in [1.82, 2.24) is 20.9 Å². The van der Waals surface area contributed by atoms with E-state index in [1.54, 1.807) is 0 Å². The normalized spacial score (nSPS) is 15.3. The number of amides is 3. The summed E-state index contributed by atoms with van der Waals surface area (Å²) >= 11 is 0. The molecule has 7 nitrogen and oxygen atoms in total. The molecule has 7 heteroatoms. The summed E-state index contributed by atoms with van der Waals surface area (Å²) in [5.74, 6) is -0.121. The average Bonchev–Trinajstić information content (AvgIpc) is 3.08. The molecule has 1 heterocycles. The van der Waals surface area contributed by atoms with Crippen LogP contribution in [-0.4, -0.2) is 61.9 Å². The first-order valence-electron chi connectivity index (χ1n) is 16.7. The summed E-state index contributed by atoms with van der Waals surface area (Å²) in [6.07, 6.45) is 7.77. The Balaban J connectivity index is 1.24. The molecule has 3 amide bonds. The number of carbonyl (C=O) groups is 3. The van der Waals surface area contributed by atoms with Crippen LogP contribution >= 0.6 is 0 Å². The van der Waals surface area contributed by atoms with E-state index in [2.05, 4.69) is 27.8 Å². The van der Waals surface area contributed by atoms with E-state index in [1.165, 1.54) is 32.1 Å². The third kappa shape index (κ3) is 10.3. The molecule has 1 atom stereocenters. The second-order valence-corrected chi connectivity index (χ2v) is 12.2. The molecule has 0 saturated carbocycles. The lowest BCUT2D eigenvalue weighted by Gasteiger charge is -2.35. The number of unbranched alkanes of at least 4 members (excludes halogenated alkanes) is 3. The largest absolute Gasteiger partial charge is 0.356 e. The van der Waals surface area contributed by atoms with Crippen LogP contribution in [0.15, 0.2) is 91.0 Å². The molecule has 3 N–H and O–H groups in total. The minimum atomic E-state index is -0.729. The predicted molar refractivity (Wildman–Crippen MR) is 181 cm³/mol. The van der Waals surface area contributed by atoms with E-state index in [0.717, 1.165) is 42.7 Å². The first-order valence-corrected chi connectivity index (χ1v) is 16.7. The van der Waals surface area contributed by atoms with Gasteiger partial charge in [-0.1, -0.05) is 117 Å². The minimum absolute atomic E-state index is 0.0576. The fourth-order valence-electron chi connectivity index (χ4n) is 6.46. The lowest BCUT2D eigenvalue weighted by molar-refractivity contribution is -0.126. The van der Waals surface area contributed by atoms with Crippen LogP contribution in [0, 0.1) is 5.92 Å². The smallest absolute Gasteiger partial charge is 0.239 e. The lowest BCUT2D eigenvalue weighted by Crippen LogP contribution is -2.43. The van der Waals surface area contributed by atoms with Crippen LogP contribution in [0.3, 0.4) is 0 Å². The Hall–Kier alpha value is -3.97. The zero-order valence-corrected chi connectivity index (χ0v) is 26.8. The van der Waals surface area contributed by atoms with Crippen molar-refractivity contribution in [3.8, 4) is 0 Å². The molecule has 0 aromatic heterocycles. The van der Waals surface area contributed by atoms with Crippen molar-refractivity contribution < 1.29 is 14.4 Å². The van der Waals surface area contributed by atoms with E-state index in [-0.39, 0.29) is 43.7 Å². The first-order chi connectivity index (χ1) is 22.0. The molecule has 4 rings (SSSR count). The maximum atomic E-state index is 13.5. The van der Waals surface area contributed by atoms with Crippen LogP contribution in [0.25, 0.3) is 0 Å². The van der Waals surface area contributed by atoms with Gasteiger partial charge in [0.2, 0.25) is 17.7 Å². The van der Waals surface area contributed by atoms with Crippen LogP contribution in [0.4, 0.5) is 0 Å². The quantitative estimate of drug-likeness (QED) is 0.140. The van der Waals surface area contributed by atoms with Crippen LogP contribution in [-0.2, 0) is 19.8 Å². The molecule has 0 bridgehead atoms. The van der Waals surface area contributed by atoms with E-state index >= 15 is 0 Å². The summed E-state index contributed by atoms with van der Waals surface area (Å²) in [6, 6.07) is 30.1. The van der Waals surface area contributed by atoms with Gasteiger partial charge in [0.1, 0.15) is 0 Å². The second kappa shape index (κ2) is 18.1. The van der Waals surface area contributed by atoms with Gasteiger partial charge in [-0.2, -0.15) is 0 Å². The fraction of sp³-hybridized carbons (Fsp3) is 0.447. The average molecular weight is 611 g/mol. The maximum Gasteiger partial charge on any atom is 0.239 e. The Morgan fingerprint density at radius 1 is 0.733 bits per heavy atom. The zero-order chi connectivity index (χ0) is 31.7. The van der Waals surface area contributed by atoms with Gasteiger partial charge >= 0.3 is 0 Å². The van der Waals surface area contributed by atoms with Gasteiger partial charge in [0, 0.05) is 32.5 Å². The van der Waals surface area contributed by atoms with Gasteiger partial charge < -0.3 is 20.9 Å². The summed E-state index contributed by atoms with van der Waals surface area (Å²) in [7, 11) is 0. The van der Waals surface area contributed by atoms with Crippen molar-refractivity contribution in [1.29, 1.82) is 0 Å². The Bertz CT molecular complexity index is 1220. The van der Waals surface area contributed by atoms with Crippen molar-refractivity contribution in [3.63, 3.8) is 0 Å². The van der Waals surface area contributed by atoms with Gasteiger partial charge in [-0.05, 0) is 55.0 Å². The monoisotopic (exact) mass is 610 g/mol. The Morgan fingerprint density at radius 2 is 1.33 bits per heavy atom. The summed E-state index contributed by atoms with van der Waals surface area (Å²) in [5, 5.41) is 8.66. The number of carbonyl (C=O) groups excluding carboxylic acids is 3. The van der Waals surface area contributed by atoms with Gasteiger partial charge in [-0.25, -0.2) is 0 Å². The molecular weight excluding hydrogens is 560 g/mol.